The molecule has 1 aromatic heterocycles. The van der Waals surface area contributed by atoms with Crippen molar-refractivity contribution in [2.45, 2.75) is 6.54 Å². The van der Waals surface area contributed by atoms with E-state index in [1.54, 1.807) is 13.3 Å². The lowest BCUT2D eigenvalue weighted by atomic mass is 10.1. The first-order chi connectivity index (χ1) is 9.86. The van der Waals surface area contributed by atoms with Crippen molar-refractivity contribution in [2.24, 2.45) is 0 Å². The van der Waals surface area contributed by atoms with E-state index in [2.05, 4.69) is 52.8 Å². The summed E-state index contributed by atoms with van der Waals surface area (Å²) in [6.07, 6.45) is 1.72. The van der Waals surface area contributed by atoms with Crippen LogP contribution in [0, 0.1) is 0 Å². The number of nitrogens with one attached hydrogen (secondary N) is 1. The molecule has 0 unspecified atom stereocenters. The van der Waals surface area contributed by atoms with Gasteiger partial charge in [0.25, 0.3) is 0 Å². The molecule has 0 aliphatic heterocycles. The van der Waals surface area contributed by atoms with Gasteiger partial charge in [0.2, 0.25) is 5.88 Å². The number of nitrogens with zero attached hydrogens (tertiary/aromatic N) is 1. The number of benzene rings is 2. The summed E-state index contributed by atoms with van der Waals surface area (Å²) in [5.41, 5.74) is 2.14. The van der Waals surface area contributed by atoms with Gasteiger partial charge in [-0.3, -0.25) is 0 Å². The summed E-state index contributed by atoms with van der Waals surface area (Å²) in [6, 6.07) is 18.7. The van der Waals surface area contributed by atoms with Crippen LogP contribution in [0.4, 0.5) is 5.69 Å². The van der Waals surface area contributed by atoms with Crippen LogP contribution in [0.15, 0.2) is 60.8 Å². The van der Waals surface area contributed by atoms with Crippen molar-refractivity contribution >= 4 is 16.5 Å². The first-order valence-electron chi connectivity index (χ1n) is 6.57. The van der Waals surface area contributed by atoms with Crippen LogP contribution in [0.3, 0.4) is 0 Å². The van der Waals surface area contributed by atoms with Crippen LogP contribution in [-0.4, -0.2) is 12.1 Å². The van der Waals surface area contributed by atoms with Crippen LogP contribution in [0.25, 0.3) is 10.8 Å². The number of methoxy groups -OCH3 is 1. The molecule has 3 aromatic rings. The SMILES string of the molecule is COc1ncccc1NCc1ccc2ccccc2c1. The number of ether oxygens (including phenoxy) is 1. The highest BCUT2D eigenvalue weighted by atomic mass is 16.5. The highest BCUT2D eigenvalue weighted by Gasteiger charge is 2.02. The number of hydrogen-bond donors (Lipinski definition) is 1. The minimum atomic E-state index is 0.619. The summed E-state index contributed by atoms with van der Waals surface area (Å²) >= 11 is 0. The van der Waals surface area contributed by atoms with Crippen molar-refractivity contribution in [1.82, 2.24) is 4.98 Å². The van der Waals surface area contributed by atoms with Crippen molar-refractivity contribution in [3.05, 3.63) is 66.4 Å². The number of anilines is 1. The minimum absolute atomic E-state index is 0.619. The second-order valence-electron chi connectivity index (χ2n) is 4.60. The number of pyridine rings is 1. The fraction of sp³-hybridized carbons (Fsp3) is 0.118. The second-order valence-corrected chi connectivity index (χ2v) is 4.60. The Kier molecular flexibility index (Phi) is 3.50. The van der Waals surface area contributed by atoms with Crippen LogP contribution in [0.2, 0.25) is 0 Å². The molecule has 0 radical (unpaired) electrons. The molecule has 2 aromatic carbocycles. The largest absolute Gasteiger partial charge is 0.480 e. The predicted molar refractivity (Wildman–Crippen MR) is 82.1 cm³/mol. The molecule has 1 N–H and O–H groups in total. The van der Waals surface area contributed by atoms with Crippen molar-refractivity contribution in [1.29, 1.82) is 0 Å². The van der Waals surface area contributed by atoms with E-state index in [0.717, 1.165) is 12.2 Å². The van der Waals surface area contributed by atoms with Gasteiger partial charge in [-0.2, -0.15) is 0 Å². The van der Waals surface area contributed by atoms with E-state index in [4.69, 9.17) is 4.74 Å². The van der Waals surface area contributed by atoms with Crippen molar-refractivity contribution in [2.75, 3.05) is 12.4 Å². The lowest BCUT2D eigenvalue weighted by Gasteiger charge is -2.10. The Bertz CT molecular complexity index is 725. The molecule has 0 spiro atoms. The fourth-order valence-corrected chi connectivity index (χ4v) is 2.23. The molecule has 0 atom stereocenters. The van der Waals surface area contributed by atoms with Gasteiger partial charge in [-0.05, 0) is 34.5 Å². The normalized spacial score (nSPS) is 10.4. The molecule has 0 saturated heterocycles. The zero-order chi connectivity index (χ0) is 13.8. The molecule has 0 aliphatic rings. The zero-order valence-corrected chi connectivity index (χ0v) is 11.3. The van der Waals surface area contributed by atoms with Crippen molar-refractivity contribution < 1.29 is 4.74 Å². The first kappa shape index (κ1) is 12.5. The molecule has 20 heavy (non-hydrogen) atoms. The van der Waals surface area contributed by atoms with Gasteiger partial charge in [0.15, 0.2) is 0 Å². The summed E-state index contributed by atoms with van der Waals surface area (Å²) in [5, 5.41) is 5.87. The van der Waals surface area contributed by atoms with Crippen LogP contribution in [0.1, 0.15) is 5.56 Å². The Morgan fingerprint density at radius 3 is 2.70 bits per heavy atom. The maximum atomic E-state index is 5.23. The maximum absolute atomic E-state index is 5.23. The molecule has 0 fully saturated rings. The Morgan fingerprint density at radius 1 is 1.00 bits per heavy atom. The molecular formula is C17H16N2O. The van der Waals surface area contributed by atoms with Crippen LogP contribution < -0.4 is 10.1 Å². The molecule has 3 heteroatoms. The fourth-order valence-electron chi connectivity index (χ4n) is 2.23. The predicted octanol–water partition coefficient (Wildman–Crippen LogP) is 3.86. The average molecular weight is 264 g/mol. The van der Waals surface area contributed by atoms with E-state index in [0.29, 0.717) is 5.88 Å². The van der Waals surface area contributed by atoms with Gasteiger partial charge >= 0.3 is 0 Å². The number of aromatic nitrogens is 1. The quantitative estimate of drug-likeness (QED) is 0.777. The summed E-state index contributed by atoms with van der Waals surface area (Å²) in [4.78, 5) is 4.17. The van der Waals surface area contributed by atoms with Gasteiger partial charge in [0.05, 0.1) is 12.8 Å². The maximum Gasteiger partial charge on any atom is 0.237 e. The third-order valence-corrected chi connectivity index (χ3v) is 3.26. The van der Waals surface area contributed by atoms with Crippen LogP contribution in [0.5, 0.6) is 5.88 Å². The molecule has 0 bridgehead atoms. The highest BCUT2D eigenvalue weighted by Crippen LogP contribution is 2.21. The number of fused-ring (bicyclic) bond motifs is 1. The molecule has 0 amide bonds. The molecule has 0 aliphatic carbocycles. The minimum Gasteiger partial charge on any atom is -0.480 e. The monoisotopic (exact) mass is 264 g/mol. The molecule has 100 valence electrons. The Morgan fingerprint density at radius 2 is 1.85 bits per heavy atom. The second kappa shape index (κ2) is 5.61. The van der Waals surface area contributed by atoms with E-state index in [-0.39, 0.29) is 0 Å². The summed E-state index contributed by atoms with van der Waals surface area (Å²) < 4.78 is 5.23. The van der Waals surface area contributed by atoms with Crippen LogP contribution >= 0.6 is 0 Å². The highest BCUT2D eigenvalue weighted by molar-refractivity contribution is 5.83. The van der Waals surface area contributed by atoms with Crippen LogP contribution in [-0.2, 0) is 6.54 Å². The van der Waals surface area contributed by atoms with Crippen molar-refractivity contribution in [3.63, 3.8) is 0 Å². The third-order valence-electron chi connectivity index (χ3n) is 3.26. The van der Waals surface area contributed by atoms with Gasteiger partial charge < -0.3 is 10.1 Å². The summed E-state index contributed by atoms with van der Waals surface area (Å²) in [7, 11) is 1.63. The smallest absolute Gasteiger partial charge is 0.237 e. The van der Waals surface area contributed by atoms with Gasteiger partial charge in [-0.15, -0.1) is 0 Å². The van der Waals surface area contributed by atoms with E-state index in [1.165, 1.54) is 16.3 Å². The number of rotatable bonds is 4. The molecule has 1 heterocycles. The molecule has 3 nitrogen and oxygen atoms in total. The van der Waals surface area contributed by atoms with E-state index < -0.39 is 0 Å². The lowest BCUT2D eigenvalue weighted by Crippen LogP contribution is -2.02. The Hall–Kier alpha value is -2.55. The van der Waals surface area contributed by atoms with Gasteiger partial charge in [-0.1, -0.05) is 36.4 Å². The molecule has 0 saturated carbocycles. The topological polar surface area (TPSA) is 34.1 Å². The zero-order valence-electron chi connectivity index (χ0n) is 11.3. The third kappa shape index (κ3) is 2.57. The first-order valence-corrected chi connectivity index (χ1v) is 6.57. The van der Waals surface area contributed by atoms with E-state index in [1.807, 2.05) is 12.1 Å². The molecule has 3 rings (SSSR count). The van der Waals surface area contributed by atoms with E-state index in [9.17, 15) is 0 Å². The standard InChI is InChI=1S/C17H16N2O/c1-20-17-16(7-4-10-18-17)19-12-13-8-9-14-5-2-3-6-15(14)11-13/h2-11,19H,12H2,1H3. The number of hydrogen-bond acceptors (Lipinski definition) is 3. The lowest BCUT2D eigenvalue weighted by molar-refractivity contribution is 0.399. The Balaban J connectivity index is 1.79. The summed E-state index contributed by atoms with van der Waals surface area (Å²) in [6.45, 7) is 0.743. The van der Waals surface area contributed by atoms with Gasteiger partial charge in [-0.25, -0.2) is 4.98 Å². The van der Waals surface area contributed by atoms with Gasteiger partial charge in [0, 0.05) is 12.7 Å². The van der Waals surface area contributed by atoms with Gasteiger partial charge in [0.1, 0.15) is 0 Å². The molecular weight excluding hydrogens is 248 g/mol. The summed E-state index contributed by atoms with van der Waals surface area (Å²) in [5.74, 6) is 0.619. The van der Waals surface area contributed by atoms with Crippen molar-refractivity contribution in [3.8, 4) is 5.88 Å². The average Bonchev–Trinajstić information content (AvgIpc) is 2.53. The van der Waals surface area contributed by atoms with E-state index >= 15 is 0 Å². The Labute approximate surface area is 118 Å².